The molecule has 1 N–H and O–H groups in total. The van der Waals surface area contributed by atoms with Crippen molar-refractivity contribution in [3.63, 3.8) is 0 Å². The Labute approximate surface area is 101 Å². The molecular formula is C12H18N2O3. The summed E-state index contributed by atoms with van der Waals surface area (Å²) >= 11 is 0. The number of benzene rings is 1. The van der Waals surface area contributed by atoms with Gasteiger partial charge in [0.25, 0.3) is 5.69 Å². The molecule has 0 amide bonds. The van der Waals surface area contributed by atoms with E-state index in [2.05, 4.69) is 5.48 Å². The van der Waals surface area contributed by atoms with E-state index in [4.69, 9.17) is 4.84 Å². The Kier molecular flexibility index (Phi) is 4.20. The lowest BCUT2D eigenvalue weighted by atomic mass is 10.1. The first-order valence-electron chi connectivity index (χ1n) is 5.44. The molecule has 5 nitrogen and oxygen atoms in total. The van der Waals surface area contributed by atoms with E-state index in [-0.39, 0.29) is 16.2 Å². The third-order valence-corrected chi connectivity index (χ3v) is 2.12. The topological polar surface area (TPSA) is 64.4 Å². The smallest absolute Gasteiger partial charge is 0.272 e. The molecule has 0 unspecified atom stereocenters. The number of nitro benzene ring substituents is 1. The van der Waals surface area contributed by atoms with Crippen LogP contribution in [-0.2, 0) is 11.4 Å². The van der Waals surface area contributed by atoms with E-state index in [1.54, 1.807) is 19.1 Å². The number of rotatable bonds is 4. The SMILES string of the molecule is Cc1ccc(CNOC(C)(C)C)cc1[N+](=O)[O-]. The molecule has 5 heteroatoms. The first kappa shape index (κ1) is 13.6. The van der Waals surface area contributed by atoms with Crippen molar-refractivity contribution in [2.24, 2.45) is 0 Å². The Morgan fingerprint density at radius 2 is 2.06 bits per heavy atom. The summed E-state index contributed by atoms with van der Waals surface area (Å²) in [6.07, 6.45) is 0. The Balaban J connectivity index is 2.67. The number of nitrogens with zero attached hydrogens (tertiary/aromatic N) is 1. The van der Waals surface area contributed by atoms with Gasteiger partial charge < -0.3 is 0 Å². The summed E-state index contributed by atoms with van der Waals surface area (Å²) in [7, 11) is 0. The lowest BCUT2D eigenvalue weighted by Crippen LogP contribution is -2.28. The molecule has 0 atom stereocenters. The highest BCUT2D eigenvalue weighted by molar-refractivity contribution is 5.42. The zero-order chi connectivity index (χ0) is 13.1. The molecule has 0 saturated carbocycles. The molecule has 0 radical (unpaired) electrons. The molecule has 94 valence electrons. The minimum Gasteiger partial charge on any atom is -0.296 e. The summed E-state index contributed by atoms with van der Waals surface area (Å²) in [4.78, 5) is 15.7. The molecule has 0 saturated heterocycles. The number of aryl methyl sites for hydroxylation is 1. The fourth-order valence-corrected chi connectivity index (χ4v) is 1.30. The van der Waals surface area contributed by atoms with E-state index in [0.29, 0.717) is 12.1 Å². The van der Waals surface area contributed by atoms with Crippen molar-refractivity contribution in [1.82, 2.24) is 5.48 Å². The maximum absolute atomic E-state index is 10.8. The molecule has 0 heterocycles. The Bertz CT molecular complexity index is 411. The third kappa shape index (κ3) is 4.50. The number of hydrogen-bond acceptors (Lipinski definition) is 4. The van der Waals surface area contributed by atoms with Gasteiger partial charge in [-0.25, -0.2) is 0 Å². The molecule has 0 spiro atoms. The van der Waals surface area contributed by atoms with Crippen LogP contribution < -0.4 is 5.48 Å². The van der Waals surface area contributed by atoms with Crippen molar-refractivity contribution in [3.8, 4) is 0 Å². The normalized spacial score (nSPS) is 11.5. The van der Waals surface area contributed by atoms with Crippen molar-refractivity contribution >= 4 is 5.69 Å². The first-order valence-corrected chi connectivity index (χ1v) is 5.44. The minimum absolute atomic E-state index is 0.139. The predicted molar refractivity (Wildman–Crippen MR) is 65.5 cm³/mol. The number of nitro groups is 1. The summed E-state index contributed by atoms with van der Waals surface area (Å²) in [5.41, 5.74) is 4.15. The van der Waals surface area contributed by atoms with E-state index >= 15 is 0 Å². The van der Waals surface area contributed by atoms with E-state index < -0.39 is 0 Å². The van der Waals surface area contributed by atoms with Crippen LogP contribution in [0.3, 0.4) is 0 Å². The molecule has 17 heavy (non-hydrogen) atoms. The summed E-state index contributed by atoms with van der Waals surface area (Å²) in [5, 5.41) is 10.8. The maximum Gasteiger partial charge on any atom is 0.272 e. The molecule has 1 aromatic rings. The van der Waals surface area contributed by atoms with E-state index in [9.17, 15) is 10.1 Å². The second-order valence-corrected chi connectivity index (χ2v) is 4.91. The second-order valence-electron chi connectivity index (χ2n) is 4.91. The first-order chi connectivity index (χ1) is 7.79. The maximum atomic E-state index is 10.8. The van der Waals surface area contributed by atoms with Gasteiger partial charge in [-0.15, -0.1) is 0 Å². The third-order valence-electron chi connectivity index (χ3n) is 2.12. The van der Waals surface area contributed by atoms with Crippen LogP contribution >= 0.6 is 0 Å². The van der Waals surface area contributed by atoms with Gasteiger partial charge in [0.05, 0.1) is 10.5 Å². The Morgan fingerprint density at radius 3 is 2.59 bits per heavy atom. The van der Waals surface area contributed by atoms with Crippen LogP contribution in [0, 0.1) is 17.0 Å². The standard InChI is InChI=1S/C12H18N2O3/c1-9-5-6-10(7-11(9)14(15)16)8-13-17-12(2,3)4/h5-7,13H,8H2,1-4H3. The van der Waals surface area contributed by atoms with Crippen LogP contribution in [0.25, 0.3) is 0 Å². The average Bonchev–Trinajstić information content (AvgIpc) is 2.18. The second kappa shape index (κ2) is 5.25. The van der Waals surface area contributed by atoms with E-state index in [1.165, 1.54) is 0 Å². The predicted octanol–water partition coefficient (Wildman–Crippen LogP) is 2.72. The molecule has 0 aliphatic rings. The molecule has 1 aromatic carbocycles. The summed E-state index contributed by atoms with van der Waals surface area (Å²) in [6, 6.07) is 5.15. The Morgan fingerprint density at radius 1 is 1.41 bits per heavy atom. The monoisotopic (exact) mass is 238 g/mol. The van der Waals surface area contributed by atoms with Gasteiger partial charge in [-0.3, -0.25) is 15.0 Å². The summed E-state index contributed by atoms with van der Waals surface area (Å²) in [6.45, 7) is 7.95. The fourth-order valence-electron chi connectivity index (χ4n) is 1.30. The molecule has 0 aromatic heterocycles. The average molecular weight is 238 g/mol. The minimum atomic E-state index is -0.372. The molecule has 1 rings (SSSR count). The zero-order valence-corrected chi connectivity index (χ0v) is 10.6. The van der Waals surface area contributed by atoms with Crippen LogP contribution in [0.15, 0.2) is 18.2 Å². The van der Waals surface area contributed by atoms with E-state index in [1.807, 2.05) is 26.8 Å². The number of hydrogen-bond donors (Lipinski definition) is 1. The van der Waals surface area contributed by atoms with Gasteiger partial charge in [-0.1, -0.05) is 12.1 Å². The summed E-state index contributed by atoms with van der Waals surface area (Å²) in [5.74, 6) is 0. The number of nitrogens with one attached hydrogen (secondary N) is 1. The van der Waals surface area contributed by atoms with Crippen molar-refractivity contribution in [3.05, 3.63) is 39.4 Å². The van der Waals surface area contributed by atoms with Crippen LogP contribution in [0.5, 0.6) is 0 Å². The van der Waals surface area contributed by atoms with Gasteiger partial charge >= 0.3 is 0 Å². The summed E-state index contributed by atoms with van der Waals surface area (Å²) < 4.78 is 0. The quantitative estimate of drug-likeness (QED) is 0.647. The van der Waals surface area contributed by atoms with Crippen LogP contribution in [-0.4, -0.2) is 10.5 Å². The molecule has 0 fully saturated rings. The molecular weight excluding hydrogens is 220 g/mol. The van der Waals surface area contributed by atoms with Crippen LogP contribution in [0.1, 0.15) is 31.9 Å². The Hall–Kier alpha value is -1.46. The highest BCUT2D eigenvalue weighted by atomic mass is 16.7. The lowest BCUT2D eigenvalue weighted by Gasteiger charge is -2.19. The lowest BCUT2D eigenvalue weighted by molar-refractivity contribution is -0.385. The van der Waals surface area contributed by atoms with Gasteiger partial charge in [0.15, 0.2) is 0 Å². The van der Waals surface area contributed by atoms with Crippen molar-refractivity contribution in [2.45, 2.75) is 39.8 Å². The largest absolute Gasteiger partial charge is 0.296 e. The molecule has 0 bridgehead atoms. The van der Waals surface area contributed by atoms with Gasteiger partial charge in [-0.05, 0) is 33.3 Å². The van der Waals surface area contributed by atoms with Gasteiger partial charge in [-0.2, -0.15) is 5.48 Å². The van der Waals surface area contributed by atoms with Crippen LogP contribution in [0.4, 0.5) is 5.69 Å². The van der Waals surface area contributed by atoms with Gasteiger partial charge in [0, 0.05) is 18.2 Å². The van der Waals surface area contributed by atoms with Crippen molar-refractivity contribution in [1.29, 1.82) is 0 Å². The van der Waals surface area contributed by atoms with Gasteiger partial charge in [0.1, 0.15) is 0 Å². The van der Waals surface area contributed by atoms with Crippen LogP contribution in [0.2, 0.25) is 0 Å². The van der Waals surface area contributed by atoms with Gasteiger partial charge in [0.2, 0.25) is 0 Å². The van der Waals surface area contributed by atoms with E-state index in [0.717, 1.165) is 5.56 Å². The highest BCUT2D eigenvalue weighted by Gasteiger charge is 2.12. The van der Waals surface area contributed by atoms with Crippen molar-refractivity contribution < 1.29 is 9.76 Å². The zero-order valence-electron chi connectivity index (χ0n) is 10.6. The molecule has 0 aliphatic heterocycles. The fraction of sp³-hybridized carbons (Fsp3) is 0.500. The number of hydroxylamine groups is 1. The highest BCUT2D eigenvalue weighted by Crippen LogP contribution is 2.19. The molecule has 0 aliphatic carbocycles. The van der Waals surface area contributed by atoms with Crippen molar-refractivity contribution in [2.75, 3.05) is 0 Å².